The van der Waals surface area contributed by atoms with Gasteiger partial charge in [-0.3, -0.25) is 9.98 Å². The number of nitrogens with one attached hydrogen (secondary N) is 5. The van der Waals surface area contributed by atoms with Gasteiger partial charge in [0, 0.05) is 50.8 Å². The van der Waals surface area contributed by atoms with Gasteiger partial charge < -0.3 is 66.7 Å². The van der Waals surface area contributed by atoms with E-state index in [4.69, 9.17) is 40.1 Å². The molecule has 17 heteroatoms. The summed E-state index contributed by atoms with van der Waals surface area (Å²) in [5.41, 5.74) is 37.8. The van der Waals surface area contributed by atoms with Gasteiger partial charge in [0.25, 0.3) is 0 Å². The summed E-state index contributed by atoms with van der Waals surface area (Å²) >= 11 is 0. The quantitative estimate of drug-likeness (QED) is 0.0411. The number of nitrogens with two attached hydrogens (primary N) is 7. The summed E-state index contributed by atoms with van der Waals surface area (Å²) in [5.74, 6) is -0.0553. The third kappa shape index (κ3) is 20.5. The number of guanidine groups is 2. The molecule has 0 saturated heterocycles. The van der Waals surface area contributed by atoms with Gasteiger partial charge in [0.05, 0.1) is 0 Å². The van der Waals surface area contributed by atoms with E-state index in [1.54, 1.807) is 0 Å². The molecule has 19 N–H and O–H groups in total. The molecule has 0 aromatic carbocycles. The summed E-state index contributed by atoms with van der Waals surface area (Å²) in [6, 6.07) is -2.63. The summed E-state index contributed by atoms with van der Waals surface area (Å²) < 4.78 is 0. The Morgan fingerprint density at radius 3 is 1.47 bits per heavy atom. The van der Waals surface area contributed by atoms with Gasteiger partial charge in [0.2, 0.25) is 0 Å². The number of aliphatic imine (C=N–C) groups is 2. The van der Waals surface area contributed by atoms with Crippen molar-refractivity contribution in [3.8, 4) is 0 Å². The lowest BCUT2D eigenvalue weighted by Crippen LogP contribution is -2.53. The lowest BCUT2D eigenvalue weighted by molar-refractivity contribution is 0.227. The molecule has 0 aliphatic carbocycles. The van der Waals surface area contributed by atoms with Crippen LogP contribution in [0.15, 0.2) is 9.98 Å². The maximum absolute atomic E-state index is 12.6. The van der Waals surface area contributed by atoms with Crippen molar-refractivity contribution in [3.63, 3.8) is 0 Å². The van der Waals surface area contributed by atoms with Gasteiger partial charge in [-0.1, -0.05) is 6.42 Å². The molecule has 0 saturated carbocycles. The molecule has 0 aromatic heterocycles. The third-order valence-electron chi connectivity index (χ3n) is 5.34. The van der Waals surface area contributed by atoms with E-state index in [9.17, 15) is 14.4 Å². The van der Waals surface area contributed by atoms with Gasteiger partial charge in [0.1, 0.15) is 0 Å². The second-order valence-electron chi connectivity index (χ2n) is 8.73. The number of amides is 6. The molecule has 3 atom stereocenters. The lowest BCUT2D eigenvalue weighted by Gasteiger charge is -2.23. The first-order valence-corrected chi connectivity index (χ1v) is 12.7. The van der Waals surface area contributed by atoms with E-state index in [1.807, 2.05) is 0 Å². The number of carbonyl (C=O) groups excluding carboxylic acids is 3. The van der Waals surface area contributed by atoms with E-state index in [1.165, 1.54) is 0 Å². The van der Waals surface area contributed by atoms with E-state index in [0.717, 1.165) is 19.3 Å². The molecule has 0 spiro atoms. The fraction of sp³-hybridized carbons (Fsp3) is 0.762. The highest BCUT2D eigenvalue weighted by Crippen LogP contribution is 2.01. The van der Waals surface area contributed by atoms with E-state index in [-0.39, 0.29) is 31.1 Å². The van der Waals surface area contributed by atoms with Crippen LogP contribution in [0, 0.1) is 0 Å². The van der Waals surface area contributed by atoms with Gasteiger partial charge in [-0.15, -0.1) is 0 Å². The first kappa shape index (κ1) is 34.3. The Balaban J connectivity index is 4.88. The van der Waals surface area contributed by atoms with Crippen molar-refractivity contribution in [2.75, 3.05) is 39.3 Å². The predicted molar refractivity (Wildman–Crippen MR) is 149 cm³/mol. The molecule has 6 amide bonds. The summed E-state index contributed by atoms with van der Waals surface area (Å²) in [4.78, 5) is 44.1. The van der Waals surface area contributed by atoms with Crippen LogP contribution in [0.3, 0.4) is 0 Å². The number of unbranched alkanes of at least 4 members (excludes halogenated alkanes) is 1. The van der Waals surface area contributed by atoms with Crippen LogP contribution in [0.25, 0.3) is 0 Å². The maximum Gasteiger partial charge on any atom is 0.315 e. The van der Waals surface area contributed by atoms with Gasteiger partial charge >= 0.3 is 18.1 Å². The molecule has 0 aliphatic rings. The Bertz CT molecular complexity index is 741. The smallest absolute Gasteiger partial charge is 0.315 e. The van der Waals surface area contributed by atoms with Crippen LogP contribution in [0.2, 0.25) is 0 Å². The van der Waals surface area contributed by atoms with Crippen molar-refractivity contribution in [1.29, 1.82) is 0 Å². The highest BCUT2D eigenvalue weighted by Gasteiger charge is 2.17. The van der Waals surface area contributed by atoms with E-state index < -0.39 is 30.2 Å². The van der Waals surface area contributed by atoms with Crippen LogP contribution in [0.1, 0.15) is 44.9 Å². The molecule has 0 aliphatic heterocycles. The van der Waals surface area contributed by atoms with Crippen molar-refractivity contribution in [1.82, 2.24) is 26.6 Å². The SMILES string of the molecule is NCCCC[C@@H](CN)NC(=O)NC[C@H](CCCN=C(N)N)NC(=O)NC[C@H](CCCN=C(N)N)NC(N)=O. The second kappa shape index (κ2) is 21.4. The van der Waals surface area contributed by atoms with Gasteiger partial charge in [-0.25, -0.2) is 14.4 Å². The van der Waals surface area contributed by atoms with Crippen LogP contribution in [0.5, 0.6) is 0 Å². The Hall–Kier alpha value is -3.73. The van der Waals surface area contributed by atoms with Gasteiger partial charge in [-0.2, -0.15) is 0 Å². The van der Waals surface area contributed by atoms with Gasteiger partial charge in [-0.05, 0) is 45.1 Å². The van der Waals surface area contributed by atoms with E-state index in [2.05, 4.69) is 36.6 Å². The van der Waals surface area contributed by atoms with Crippen LogP contribution < -0.4 is 66.7 Å². The number of carbonyl (C=O) groups is 3. The largest absolute Gasteiger partial charge is 0.370 e. The average Bonchev–Trinajstić information content (AvgIpc) is 2.84. The van der Waals surface area contributed by atoms with Crippen LogP contribution in [0.4, 0.5) is 14.4 Å². The fourth-order valence-corrected chi connectivity index (χ4v) is 3.43. The molecule has 17 nitrogen and oxygen atoms in total. The summed E-state index contributed by atoms with van der Waals surface area (Å²) in [6.45, 7) is 1.89. The zero-order chi connectivity index (χ0) is 28.8. The molecule has 0 bridgehead atoms. The van der Waals surface area contributed by atoms with Crippen LogP contribution in [-0.4, -0.2) is 87.4 Å². The number of nitrogens with zero attached hydrogens (tertiary/aromatic N) is 2. The number of rotatable bonds is 20. The summed E-state index contributed by atoms with van der Waals surface area (Å²) in [6.07, 6.45) is 4.52. The van der Waals surface area contributed by atoms with E-state index >= 15 is 0 Å². The lowest BCUT2D eigenvalue weighted by atomic mass is 10.1. The van der Waals surface area contributed by atoms with Crippen molar-refractivity contribution in [3.05, 3.63) is 0 Å². The average molecular weight is 545 g/mol. The van der Waals surface area contributed by atoms with Crippen LogP contribution in [-0.2, 0) is 0 Å². The molecule has 0 rings (SSSR count). The Morgan fingerprint density at radius 1 is 0.605 bits per heavy atom. The minimum absolute atomic E-state index is 0.0276. The molecule has 0 aromatic rings. The monoisotopic (exact) mass is 544 g/mol. The molecule has 0 heterocycles. The van der Waals surface area contributed by atoms with Gasteiger partial charge in [0.15, 0.2) is 11.9 Å². The van der Waals surface area contributed by atoms with Crippen molar-refractivity contribution in [2.24, 2.45) is 50.1 Å². The molecular weight excluding hydrogens is 496 g/mol. The predicted octanol–water partition coefficient (Wildman–Crippen LogP) is -3.45. The number of primary amides is 1. The Labute approximate surface area is 223 Å². The molecule has 0 unspecified atom stereocenters. The highest BCUT2D eigenvalue weighted by molar-refractivity contribution is 5.76. The Morgan fingerprint density at radius 2 is 1.05 bits per heavy atom. The second-order valence-corrected chi connectivity index (χ2v) is 8.73. The molecule has 0 radical (unpaired) electrons. The topological polar surface area (TPSA) is 318 Å². The molecule has 0 fully saturated rings. The summed E-state index contributed by atoms with van der Waals surface area (Å²) in [7, 11) is 0. The fourth-order valence-electron chi connectivity index (χ4n) is 3.43. The van der Waals surface area contributed by atoms with Crippen molar-refractivity contribution in [2.45, 2.75) is 63.1 Å². The number of hydrogen-bond donors (Lipinski definition) is 12. The number of hydrogen-bond acceptors (Lipinski definition) is 7. The minimum atomic E-state index is -0.717. The molecule has 220 valence electrons. The third-order valence-corrected chi connectivity index (χ3v) is 5.34. The van der Waals surface area contributed by atoms with E-state index in [0.29, 0.717) is 51.9 Å². The minimum Gasteiger partial charge on any atom is -0.370 e. The highest BCUT2D eigenvalue weighted by atomic mass is 16.2. The normalized spacial score (nSPS) is 12.8. The zero-order valence-electron chi connectivity index (χ0n) is 22.1. The van der Waals surface area contributed by atoms with Crippen molar-refractivity contribution < 1.29 is 14.4 Å². The first-order chi connectivity index (χ1) is 18.1. The summed E-state index contributed by atoms with van der Waals surface area (Å²) in [5, 5.41) is 13.7. The van der Waals surface area contributed by atoms with Crippen LogP contribution >= 0.6 is 0 Å². The molecular formula is C21H48N14O3. The number of urea groups is 3. The first-order valence-electron chi connectivity index (χ1n) is 12.7. The standard InChI is InChI=1S/C21H48N14O3/c22-8-2-1-5-14(11-23)34-20(37)32-13-16(7-4-10-30-18(26)27)35-21(38)31-12-15(33-19(28)36)6-3-9-29-17(24)25/h14-16H,1-13,22-23H2,(H4,24,25,29)(H4,26,27,30)(H3,28,33,36)(H2,31,35,38)(H2,32,34,37)/t14-,15-,16-/m0/s1. The maximum atomic E-state index is 12.6. The van der Waals surface area contributed by atoms with Crippen molar-refractivity contribution >= 4 is 30.0 Å². The molecule has 38 heavy (non-hydrogen) atoms. The Kier molecular flexibility index (Phi) is 19.3. The zero-order valence-corrected chi connectivity index (χ0v) is 22.1.